The number of carboxylic acids is 2. The molecule has 0 unspecified atom stereocenters. The maximum atomic E-state index is 12.0. The zero-order chi connectivity index (χ0) is 14.4. The Balaban J connectivity index is 1.93. The van der Waals surface area contributed by atoms with E-state index in [1.807, 2.05) is 14.1 Å². The van der Waals surface area contributed by atoms with Crippen LogP contribution in [0.4, 0.5) is 0 Å². The molecule has 6 bridgehead atoms. The number of hydrogen-bond donors (Lipinski definition) is 2. The number of carboxylic acid groups (broad SMARTS) is 2. The molecule has 6 atom stereocenters. The summed E-state index contributed by atoms with van der Waals surface area (Å²) >= 11 is 0. The van der Waals surface area contributed by atoms with Gasteiger partial charge in [-0.1, -0.05) is 0 Å². The van der Waals surface area contributed by atoms with Gasteiger partial charge in [0, 0.05) is 25.2 Å². The van der Waals surface area contributed by atoms with Crippen LogP contribution in [-0.2, 0) is 9.59 Å². The minimum Gasteiger partial charge on any atom is -0.481 e. The molecule has 6 nitrogen and oxygen atoms in total. The molecule has 20 heavy (non-hydrogen) atoms. The van der Waals surface area contributed by atoms with Crippen LogP contribution in [0.15, 0.2) is 0 Å². The lowest BCUT2D eigenvalue weighted by atomic mass is 9.36. The zero-order valence-electron chi connectivity index (χ0n) is 11.7. The topological polar surface area (TPSA) is 81.1 Å². The summed E-state index contributed by atoms with van der Waals surface area (Å²) in [5.74, 6) is -1.50. The van der Waals surface area contributed by atoms with E-state index < -0.39 is 22.8 Å². The molecule has 2 N–H and O–H groups in total. The van der Waals surface area contributed by atoms with Crippen LogP contribution in [0.3, 0.4) is 0 Å². The number of nitrogens with zero attached hydrogens (tertiary/aromatic N) is 2. The number of aliphatic carboxylic acids is 2. The molecule has 6 heteroatoms. The standard InChI is InChI=1S/C14H20N2O4/c1-15-5-7-8-6-16(2)10-4-13(8,11(17)18)9(15)3-14(7,10)12(19)20/h7-10H,3-6H2,1-2H3,(H,17,18)(H,19,20)/t7-,8+,9+,10-,13-,14+. The zero-order valence-corrected chi connectivity index (χ0v) is 11.7. The summed E-state index contributed by atoms with van der Waals surface area (Å²) in [5.41, 5.74) is -1.46. The first-order valence-corrected chi connectivity index (χ1v) is 7.23. The molecule has 4 saturated heterocycles. The predicted molar refractivity (Wildman–Crippen MR) is 69.2 cm³/mol. The van der Waals surface area contributed by atoms with E-state index in [9.17, 15) is 19.8 Å². The van der Waals surface area contributed by atoms with E-state index in [0.717, 1.165) is 13.1 Å². The summed E-state index contributed by atoms with van der Waals surface area (Å²) < 4.78 is 0. The van der Waals surface area contributed by atoms with Crippen molar-refractivity contribution < 1.29 is 19.8 Å². The molecule has 0 aromatic heterocycles. The minimum absolute atomic E-state index is 0.0268. The lowest BCUT2D eigenvalue weighted by Gasteiger charge is -2.75. The van der Waals surface area contributed by atoms with E-state index in [1.54, 1.807) is 0 Å². The highest BCUT2D eigenvalue weighted by atomic mass is 16.4. The van der Waals surface area contributed by atoms with Crippen LogP contribution in [0, 0.1) is 22.7 Å². The summed E-state index contributed by atoms with van der Waals surface area (Å²) in [4.78, 5) is 28.3. The fourth-order valence-corrected chi connectivity index (χ4v) is 6.12. The Labute approximate surface area is 117 Å². The molecule has 110 valence electrons. The Bertz CT molecular complexity index is 477. The molecule has 7 fully saturated rings. The van der Waals surface area contributed by atoms with Crippen molar-refractivity contribution in [1.29, 1.82) is 0 Å². The molecule has 0 spiro atoms. The van der Waals surface area contributed by atoms with Crippen LogP contribution in [0.1, 0.15) is 12.8 Å². The van der Waals surface area contributed by atoms with Crippen molar-refractivity contribution in [3.8, 4) is 0 Å². The van der Waals surface area contributed by atoms with E-state index in [2.05, 4.69) is 9.80 Å². The fraction of sp³-hybridized carbons (Fsp3) is 0.857. The van der Waals surface area contributed by atoms with Crippen molar-refractivity contribution in [3.63, 3.8) is 0 Å². The third-order valence-corrected chi connectivity index (χ3v) is 6.89. The molecule has 0 aromatic carbocycles. The Hall–Kier alpha value is -1.14. The highest BCUT2D eigenvalue weighted by Gasteiger charge is 2.79. The van der Waals surface area contributed by atoms with E-state index in [1.165, 1.54) is 0 Å². The Morgan fingerprint density at radius 2 is 1.25 bits per heavy atom. The first-order chi connectivity index (χ1) is 9.35. The molecule has 0 radical (unpaired) electrons. The van der Waals surface area contributed by atoms with Gasteiger partial charge in [0.15, 0.2) is 0 Å². The maximum Gasteiger partial charge on any atom is 0.311 e. The minimum atomic E-state index is -0.730. The predicted octanol–water partition coefficient (Wildman–Crippen LogP) is -0.204. The molecular formula is C14H20N2O4. The van der Waals surface area contributed by atoms with Gasteiger partial charge in [0.25, 0.3) is 0 Å². The van der Waals surface area contributed by atoms with Crippen molar-refractivity contribution in [2.75, 3.05) is 27.2 Å². The molecule has 4 heterocycles. The van der Waals surface area contributed by atoms with Crippen molar-refractivity contribution >= 4 is 11.9 Å². The number of piperidine rings is 4. The van der Waals surface area contributed by atoms with Gasteiger partial charge in [0.1, 0.15) is 0 Å². The van der Waals surface area contributed by atoms with Gasteiger partial charge in [0.2, 0.25) is 0 Å². The second-order valence-corrected chi connectivity index (χ2v) is 7.22. The molecule has 4 aliphatic heterocycles. The van der Waals surface area contributed by atoms with Crippen LogP contribution in [-0.4, -0.2) is 71.2 Å². The fourth-order valence-electron chi connectivity index (χ4n) is 6.12. The molecule has 3 aliphatic carbocycles. The molecule has 7 aliphatic rings. The molecule has 0 aromatic rings. The summed E-state index contributed by atoms with van der Waals surface area (Å²) in [6, 6.07) is -0.257. The largest absolute Gasteiger partial charge is 0.481 e. The highest BCUT2D eigenvalue weighted by molar-refractivity contribution is 5.84. The van der Waals surface area contributed by atoms with Gasteiger partial charge in [-0.15, -0.1) is 0 Å². The van der Waals surface area contributed by atoms with Gasteiger partial charge in [-0.25, -0.2) is 0 Å². The van der Waals surface area contributed by atoms with Crippen LogP contribution in [0.5, 0.6) is 0 Å². The lowest BCUT2D eigenvalue weighted by molar-refractivity contribution is -0.281. The van der Waals surface area contributed by atoms with Crippen molar-refractivity contribution in [1.82, 2.24) is 9.80 Å². The number of rotatable bonds is 2. The van der Waals surface area contributed by atoms with Crippen LogP contribution in [0.25, 0.3) is 0 Å². The first kappa shape index (κ1) is 12.6. The summed E-state index contributed by atoms with van der Waals surface area (Å²) in [6.07, 6.45) is 0.975. The van der Waals surface area contributed by atoms with E-state index in [0.29, 0.717) is 12.8 Å². The Morgan fingerprint density at radius 3 is 1.55 bits per heavy atom. The third kappa shape index (κ3) is 1.01. The first-order valence-electron chi connectivity index (χ1n) is 7.23. The van der Waals surface area contributed by atoms with E-state index in [4.69, 9.17) is 0 Å². The van der Waals surface area contributed by atoms with Crippen LogP contribution < -0.4 is 0 Å². The monoisotopic (exact) mass is 280 g/mol. The lowest BCUT2D eigenvalue weighted by Crippen LogP contribution is -2.85. The van der Waals surface area contributed by atoms with Crippen molar-refractivity contribution in [3.05, 3.63) is 0 Å². The molecule has 0 amide bonds. The summed E-state index contributed by atoms with van der Waals surface area (Å²) in [6.45, 7) is 1.45. The average molecular weight is 280 g/mol. The second kappa shape index (κ2) is 3.36. The molecular weight excluding hydrogens is 260 g/mol. The normalized spacial score (nSPS) is 53.5. The van der Waals surface area contributed by atoms with Crippen molar-refractivity contribution in [2.24, 2.45) is 22.7 Å². The molecule has 3 saturated carbocycles. The maximum absolute atomic E-state index is 12.0. The smallest absolute Gasteiger partial charge is 0.311 e. The van der Waals surface area contributed by atoms with E-state index in [-0.39, 0.29) is 23.9 Å². The summed E-state index contributed by atoms with van der Waals surface area (Å²) in [7, 11) is 3.89. The van der Waals surface area contributed by atoms with Gasteiger partial charge in [-0.3, -0.25) is 9.59 Å². The third-order valence-electron chi connectivity index (χ3n) is 6.89. The highest BCUT2D eigenvalue weighted by Crippen LogP contribution is 2.70. The average Bonchev–Trinajstić information content (AvgIpc) is 2.39. The van der Waals surface area contributed by atoms with Crippen molar-refractivity contribution in [2.45, 2.75) is 24.9 Å². The van der Waals surface area contributed by atoms with Gasteiger partial charge >= 0.3 is 11.9 Å². The second-order valence-electron chi connectivity index (χ2n) is 7.22. The molecule has 7 rings (SSSR count). The van der Waals surface area contributed by atoms with E-state index >= 15 is 0 Å². The SMILES string of the molecule is CN1C[C@@H]2[C@@H]3CN(C)[C@@H]4C[C@]3(C(=O)O)[C@@H]1C[C@]24C(=O)O. The van der Waals surface area contributed by atoms with Gasteiger partial charge in [-0.2, -0.15) is 0 Å². The number of hydrogen-bond acceptors (Lipinski definition) is 4. The van der Waals surface area contributed by atoms with Gasteiger partial charge in [0.05, 0.1) is 10.8 Å². The van der Waals surface area contributed by atoms with Gasteiger partial charge in [-0.05, 0) is 38.8 Å². The Morgan fingerprint density at radius 1 is 0.900 bits per heavy atom. The summed E-state index contributed by atoms with van der Waals surface area (Å²) in [5, 5.41) is 19.8. The van der Waals surface area contributed by atoms with Crippen LogP contribution >= 0.6 is 0 Å². The Kier molecular flexibility index (Phi) is 2.12. The number of carbonyl (C=O) groups is 2. The van der Waals surface area contributed by atoms with Gasteiger partial charge < -0.3 is 20.0 Å². The number of fused-ring (bicyclic) bond motifs is 2. The van der Waals surface area contributed by atoms with Crippen LogP contribution in [0.2, 0.25) is 0 Å². The quantitative estimate of drug-likeness (QED) is 0.729.